The van der Waals surface area contributed by atoms with Crippen LogP contribution in [0.4, 0.5) is 10.2 Å². The van der Waals surface area contributed by atoms with E-state index in [0.717, 1.165) is 42.2 Å². The van der Waals surface area contributed by atoms with Gasteiger partial charge in [0.05, 0.1) is 12.8 Å². The third-order valence-electron chi connectivity index (χ3n) is 5.13. The Balaban J connectivity index is 1.42. The van der Waals surface area contributed by atoms with Crippen LogP contribution < -0.4 is 15.0 Å². The molecule has 1 fully saturated rings. The number of anilines is 1. The predicted octanol–water partition coefficient (Wildman–Crippen LogP) is 3.62. The van der Waals surface area contributed by atoms with Gasteiger partial charge in [-0.15, -0.1) is 0 Å². The van der Waals surface area contributed by atoms with Crippen LogP contribution in [-0.2, 0) is 0 Å². The number of benzene rings is 2. The number of aromatic nitrogens is 2. The molecular formula is C22H23FN4O2. The summed E-state index contributed by atoms with van der Waals surface area (Å²) < 4.78 is 18.6. The number of amides is 1. The summed E-state index contributed by atoms with van der Waals surface area (Å²) in [4.78, 5) is 14.6. The minimum atomic E-state index is -0.412. The first-order valence-corrected chi connectivity index (χ1v) is 9.63. The van der Waals surface area contributed by atoms with Crippen LogP contribution in [0.5, 0.6) is 5.75 Å². The fourth-order valence-electron chi connectivity index (χ4n) is 3.59. The largest absolute Gasteiger partial charge is 0.497 e. The quantitative estimate of drug-likeness (QED) is 0.693. The number of carbonyl (C=O) groups is 1. The number of piperidine rings is 1. The van der Waals surface area contributed by atoms with Crippen LogP contribution in [0.1, 0.15) is 23.2 Å². The Bertz CT molecular complexity index is 986. The highest BCUT2D eigenvalue weighted by atomic mass is 19.1. The number of ether oxygens (including phenoxy) is 1. The van der Waals surface area contributed by atoms with Crippen molar-refractivity contribution in [1.82, 2.24) is 15.5 Å². The van der Waals surface area contributed by atoms with Gasteiger partial charge in [0, 0.05) is 30.8 Å². The van der Waals surface area contributed by atoms with Gasteiger partial charge in [-0.2, -0.15) is 5.10 Å². The van der Waals surface area contributed by atoms with Crippen molar-refractivity contribution in [2.45, 2.75) is 18.9 Å². The van der Waals surface area contributed by atoms with Crippen LogP contribution in [0.2, 0.25) is 0 Å². The number of nitrogens with zero attached hydrogens (tertiary/aromatic N) is 2. The third-order valence-corrected chi connectivity index (χ3v) is 5.13. The molecule has 0 saturated carbocycles. The number of hydrogen-bond donors (Lipinski definition) is 2. The van der Waals surface area contributed by atoms with Crippen LogP contribution in [0.15, 0.2) is 54.6 Å². The summed E-state index contributed by atoms with van der Waals surface area (Å²) in [5, 5.41) is 10.5. The van der Waals surface area contributed by atoms with Crippen molar-refractivity contribution in [3.63, 3.8) is 0 Å². The standard InChI is InChI=1S/C22H23FN4O2/c1-29-19-9-7-15(8-10-19)20-13-21(26-25-20)27-11-3-6-18(14-27)24-22(28)16-4-2-5-17(23)12-16/h2,4-5,7-10,12-13,18H,3,6,11,14H2,1H3,(H,24,28)(H,25,26)/t18-/m0/s1. The lowest BCUT2D eigenvalue weighted by molar-refractivity contribution is 0.0932. The summed E-state index contributed by atoms with van der Waals surface area (Å²) in [6.45, 7) is 1.53. The van der Waals surface area contributed by atoms with E-state index < -0.39 is 5.82 Å². The fourth-order valence-corrected chi connectivity index (χ4v) is 3.59. The Hall–Kier alpha value is -3.35. The first-order valence-electron chi connectivity index (χ1n) is 9.63. The van der Waals surface area contributed by atoms with Crippen LogP contribution in [0, 0.1) is 5.82 Å². The van der Waals surface area contributed by atoms with Crippen LogP contribution in [0.3, 0.4) is 0 Å². The number of aromatic amines is 1. The second-order valence-corrected chi connectivity index (χ2v) is 7.14. The summed E-state index contributed by atoms with van der Waals surface area (Å²) in [5.41, 5.74) is 2.29. The zero-order chi connectivity index (χ0) is 20.2. The minimum absolute atomic E-state index is 0.0133. The molecule has 0 bridgehead atoms. The molecule has 6 nitrogen and oxygen atoms in total. The molecule has 0 aliphatic carbocycles. The van der Waals surface area contributed by atoms with Crippen molar-refractivity contribution in [1.29, 1.82) is 0 Å². The van der Waals surface area contributed by atoms with E-state index in [4.69, 9.17) is 4.74 Å². The summed E-state index contributed by atoms with van der Waals surface area (Å²) in [5.74, 6) is 0.990. The molecule has 3 aromatic rings. The molecule has 4 rings (SSSR count). The molecule has 1 aromatic heterocycles. The van der Waals surface area contributed by atoms with Crippen LogP contribution in [0.25, 0.3) is 11.3 Å². The van der Waals surface area contributed by atoms with Crippen molar-refractivity contribution in [2.24, 2.45) is 0 Å². The number of rotatable bonds is 5. The molecule has 1 aliphatic rings. The van der Waals surface area contributed by atoms with Gasteiger partial charge < -0.3 is 15.0 Å². The Labute approximate surface area is 168 Å². The van der Waals surface area contributed by atoms with Crippen LogP contribution in [-0.4, -0.2) is 42.3 Å². The van der Waals surface area contributed by atoms with Crippen molar-refractivity contribution in [3.8, 4) is 17.0 Å². The average molecular weight is 394 g/mol. The van der Waals surface area contributed by atoms with Gasteiger partial charge in [-0.25, -0.2) is 4.39 Å². The first kappa shape index (κ1) is 19.0. The molecule has 1 atom stereocenters. The summed E-state index contributed by atoms with van der Waals surface area (Å²) in [6, 6.07) is 15.5. The number of carbonyl (C=O) groups excluding carboxylic acids is 1. The fraction of sp³-hybridized carbons (Fsp3) is 0.273. The highest BCUT2D eigenvalue weighted by Gasteiger charge is 2.23. The average Bonchev–Trinajstić information content (AvgIpc) is 3.24. The Morgan fingerprint density at radius 2 is 2.07 bits per heavy atom. The van der Waals surface area contributed by atoms with E-state index in [0.29, 0.717) is 12.1 Å². The summed E-state index contributed by atoms with van der Waals surface area (Å²) >= 11 is 0. The topological polar surface area (TPSA) is 70.2 Å². The summed E-state index contributed by atoms with van der Waals surface area (Å²) in [6.07, 6.45) is 1.83. The zero-order valence-electron chi connectivity index (χ0n) is 16.2. The lowest BCUT2D eigenvalue weighted by Crippen LogP contribution is -2.48. The van der Waals surface area contributed by atoms with Gasteiger partial charge in [-0.3, -0.25) is 9.89 Å². The van der Waals surface area contributed by atoms with E-state index in [-0.39, 0.29) is 11.9 Å². The minimum Gasteiger partial charge on any atom is -0.497 e. The van der Waals surface area contributed by atoms with Crippen molar-refractivity contribution < 1.29 is 13.9 Å². The van der Waals surface area contributed by atoms with Gasteiger partial charge in [-0.05, 0) is 60.9 Å². The van der Waals surface area contributed by atoms with Gasteiger partial charge in [0.25, 0.3) is 5.91 Å². The van der Waals surface area contributed by atoms with E-state index in [2.05, 4.69) is 20.4 Å². The van der Waals surface area contributed by atoms with Gasteiger partial charge in [-0.1, -0.05) is 6.07 Å². The number of methoxy groups -OCH3 is 1. The Morgan fingerprint density at radius 3 is 2.83 bits per heavy atom. The smallest absolute Gasteiger partial charge is 0.251 e. The monoisotopic (exact) mass is 394 g/mol. The molecule has 1 saturated heterocycles. The molecule has 150 valence electrons. The van der Waals surface area contributed by atoms with E-state index >= 15 is 0 Å². The first-order chi connectivity index (χ1) is 14.1. The van der Waals surface area contributed by atoms with Gasteiger partial charge >= 0.3 is 0 Å². The van der Waals surface area contributed by atoms with Crippen molar-refractivity contribution in [2.75, 3.05) is 25.1 Å². The number of hydrogen-bond acceptors (Lipinski definition) is 4. The maximum Gasteiger partial charge on any atom is 0.251 e. The van der Waals surface area contributed by atoms with Gasteiger partial charge in [0.1, 0.15) is 11.6 Å². The molecule has 2 heterocycles. The second-order valence-electron chi connectivity index (χ2n) is 7.14. The Kier molecular flexibility index (Phi) is 5.46. The lowest BCUT2D eigenvalue weighted by atomic mass is 10.0. The molecular weight excluding hydrogens is 371 g/mol. The lowest BCUT2D eigenvalue weighted by Gasteiger charge is -2.33. The van der Waals surface area contributed by atoms with Crippen molar-refractivity contribution >= 4 is 11.7 Å². The van der Waals surface area contributed by atoms with Crippen LogP contribution >= 0.6 is 0 Å². The highest BCUT2D eigenvalue weighted by molar-refractivity contribution is 5.94. The van der Waals surface area contributed by atoms with E-state index in [9.17, 15) is 9.18 Å². The zero-order valence-corrected chi connectivity index (χ0v) is 16.2. The molecule has 2 N–H and O–H groups in total. The van der Waals surface area contributed by atoms with Crippen molar-refractivity contribution in [3.05, 3.63) is 66.0 Å². The molecule has 0 unspecified atom stereocenters. The number of halogens is 1. The van der Waals surface area contributed by atoms with Gasteiger partial charge in [0.2, 0.25) is 0 Å². The third kappa shape index (κ3) is 4.39. The molecule has 1 aliphatic heterocycles. The SMILES string of the molecule is COc1ccc(-c2cc(N3CCC[C@H](NC(=O)c4cccc(F)c4)C3)n[nH]2)cc1. The second kappa shape index (κ2) is 8.34. The van der Waals surface area contributed by atoms with E-state index in [1.54, 1.807) is 19.2 Å². The van der Waals surface area contributed by atoms with E-state index in [1.807, 2.05) is 30.3 Å². The Morgan fingerprint density at radius 1 is 1.24 bits per heavy atom. The molecule has 0 radical (unpaired) electrons. The number of nitrogens with one attached hydrogen (secondary N) is 2. The molecule has 0 spiro atoms. The summed E-state index contributed by atoms with van der Waals surface area (Å²) in [7, 11) is 1.64. The maximum atomic E-state index is 13.4. The predicted molar refractivity (Wildman–Crippen MR) is 110 cm³/mol. The normalized spacial score (nSPS) is 16.5. The molecule has 7 heteroatoms. The maximum absolute atomic E-state index is 13.4. The molecule has 1 amide bonds. The highest BCUT2D eigenvalue weighted by Crippen LogP contribution is 2.25. The molecule has 29 heavy (non-hydrogen) atoms. The molecule has 2 aromatic carbocycles. The number of H-pyrrole nitrogens is 1. The van der Waals surface area contributed by atoms with Gasteiger partial charge in [0.15, 0.2) is 5.82 Å². The van der Waals surface area contributed by atoms with E-state index in [1.165, 1.54) is 12.1 Å².